The molecule has 6 nitrogen and oxygen atoms in total. The molecule has 1 saturated heterocycles. The van der Waals surface area contributed by atoms with Crippen LogP contribution in [-0.2, 0) is 9.84 Å². The molecule has 20 heavy (non-hydrogen) atoms. The van der Waals surface area contributed by atoms with Gasteiger partial charge >= 0.3 is 0 Å². The highest BCUT2D eigenvalue weighted by Gasteiger charge is 2.38. The molecule has 0 unspecified atom stereocenters. The van der Waals surface area contributed by atoms with Gasteiger partial charge in [-0.05, 0) is 26.2 Å². The number of rotatable bonds is 3. The van der Waals surface area contributed by atoms with Crippen molar-refractivity contribution in [1.29, 1.82) is 0 Å². The van der Waals surface area contributed by atoms with E-state index < -0.39 is 15.1 Å². The number of carbonyl (C=O) groups is 1. The molecule has 2 aliphatic rings. The first-order chi connectivity index (χ1) is 9.38. The van der Waals surface area contributed by atoms with Crippen LogP contribution in [0.15, 0.2) is 6.20 Å². The molecule has 0 spiro atoms. The molecule has 1 saturated carbocycles. The third-order valence-corrected chi connectivity index (χ3v) is 5.95. The largest absolute Gasteiger partial charge is 0.336 e. The molecule has 3 rings (SSSR count). The zero-order valence-electron chi connectivity index (χ0n) is 11.7. The predicted octanol–water partition coefficient (Wildman–Crippen LogP) is 0.786. The van der Waals surface area contributed by atoms with Crippen molar-refractivity contribution in [2.24, 2.45) is 0 Å². The Balaban J connectivity index is 1.71. The van der Waals surface area contributed by atoms with Crippen molar-refractivity contribution >= 4 is 15.7 Å². The monoisotopic (exact) mass is 297 g/mol. The molecule has 0 radical (unpaired) electrons. The summed E-state index contributed by atoms with van der Waals surface area (Å²) in [5.74, 6) is -0.104. The first-order valence-corrected chi connectivity index (χ1v) is 8.85. The Morgan fingerprint density at radius 3 is 2.50 bits per heavy atom. The van der Waals surface area contributed by atoms with E-state index in [-0.39, 0.29) is 5.91 Å². The summed E-state index contributed by atoms with van der Waals surface area (Å²) in [6.07, 6.45) is 6.30. The topological polar surface area (TPSA) is 72.3 Å². The standard InChI is InChI=1S/C13H19N3O3S/c1-9-12(6-14-16(9)10-4-3-5-10)13(17)15-7-11(8-15)20(2,18)19/h6,10-11H,3-5,7-8H2,1-2H3. The average molecular weight is 297 g/mol. The smallest absolute Gasteiger partial charge is 0.257 e. The van der Waals surface area contributed by atoms with Gasteiger partial charge < -0.3 is 4.90 Å². The summed E-state index contributed by atoms with van der Waals surface area (Å²) in [5.41, 5.74) is 1.49. The van der Waals surface area contributed by atoms with E-state index in [1.807, 2.05) is 11.6 Å². The van der Waals surface area contributed by atoms with Crippen LogP contribution < -0.4 is 0 Å². The van der Waals surface area contributed by atoms with Gasteiger partial charge in [-0.3, -0.25) is 9.48 Å². The lowest BCUT2D eigenvalue weighted by atomic mass is 9.93. The number of nitrogens with zero attached hydrogens (tertiary/aromatic N) is 3. The molecule has 1 amide bonds. The molecule has 110 valence electrons. The third kappa shape index (κ3) is 2.13. The molecular weight excluding hydrogens is 278 g/mol. The summed E-state index contributed by atoms with van der Waals surface area (Å²) in [4.78, 5) is 13.9. The number of sulfone groups is 1. The van der Waals surface area contributed by atoms with E-state index in [9.17, 15) is 13.2 Å². The van der Waals surface area contributed by atoms with Crippen LogP contribution in [0.4, 0.5) is 0 Å². The van der Waals surface area contributed by atoms with Crippen LogP contribution in [0.3, 0.4) is 0 Å². The average Bonchev–Trinajstić information content (AvgIpc) is 2.54. The van der Waals surface area contributed by atoms with E-state index in [0.29, 0.717) is 24.7 Å². The molecule has 0 aromatic carbocycles. The summed E-state index contributed by atoms with van der Waals surface area (Å²) < 4.78 is 24.7. The van der Waals surface area contributed by atoms with Crippen LogP contribution in [0, 0.1) is 6.92 Å². The third-order valence-electron chi connectivity index (χ3n) is 4.44. The first-order valence-electron chi connectivity index (χ1n) is 6.90. The Hall–Kier alpha value is -1.37. The van der Waals surface area contributed by atoms with E-state index in [2.05, 4.69) is 5.10 Å². The predicted molar refractivity (Wildman–Crippen MR) is 74.4 cm³/mol. The Kier molecular flexibility index (Phi) is 3.12. The fourth-order valence-electron chi connectivity index (χ4n) is 2.68. The van der Waals surface area contributed by atoms with Gasteiger partial charge in [-0.1, -0.05) is 0 Å². The van der Waals surface area contributed by atoms with E-state index in [1.54, 1.807) is 11.1 Å². The number of carbonyl (C=O) groups excluding carboxylic acids is 1. The highest BCUT2D eigenvalue weighted by atomic mass is 32.2. The van der Waals surface area contributed by atoms with E-state index in [1.165, 1.54) is 12.7 Å². The van der Waals surface area contributed by atoms with Crippen LogP contribution in [-0.4, -0.2) is 53.6 Å². The molecular formula is C13H19N3O3S. The minimum absolute atomic E-state index is 0.104. The van der Waals surface area contributed by atoms with Crippen molar-refractivity contribution in [1.82, 2.24) is 14.7 Å². The fourth-order valence-corrected chi connectivity index (χ4v) is 3.58. The van der Waals surface area contributed by atoms with Crippen LogP contribution in [0.5, 0.6) is 0 Å². The number of amides is 1. The number of likely N-dealkylation sites (tertiary alicyclic amines) is 1. The zero-order valence-corrected chi connectivity index (χ0v) is 12.6. The second-order valence-corrected chi connectivity index (χ2v) is 8.16. The summed E-state index contributed by atoms with van der Waals surface area (Å²) in [5, 5.41) is 3.91. The van der Waals surface area contributed by atoms with Crippen molar-refractivity contribution in [2.75, 3.05) is 19.3 Å². The van der Waals surface area contributed by atoms with Gasteiger partial charge in [0.25, 0.3) is 5.91 Å². The van der Waals surface area contributed by atoms with Gasteiger partial charge in [-0.2, -0.15) is 5.10 Å². The zero-order chi connectivity index (χ0) is 14.5. The summed E-state index contributed by atoms with van der Waals surface area (Å²) in [6.45, 7) is 2.50. The maximum Gasteiger partial charge on any atom is 0.257 e. The number of hydrogen-bond acceptors (Lipinski definition) is 4. The minimum Gasteiger partial charge on any atom is -0.336 e. The van der Waals surface area contributed by atoms with Gasteiger partial charge in [0, 0.05) is 25.0 Å². The maximum absolute atomic E-state index is 12.3. The Bertz CT molecular complexity index is 640. The number of aromatic nitrogens is 2. The number of hydrogen-bond donors (Lipinski definition) is 0. The molecule has 1 aliphatic carbocycles. The van der Waals surface area contributed by atoms with Crippen LogP contribution in [0.2, 0.25) is 0 Å². The summed E-state index contributed by atoms with van der Waals surface area (Å²) in [6, 6.07) is 0.428. The second-order valence-electron chi connectivity index (χ2n) is 5.83. The lowest BCUT2D eigenvalue weighted by molar-refractivity contribution is 0.0658. The molecule has 0 atom stereocenters. The van der Waals surface area contributed by atoms with E-state index in [0.717, 1.165) is 18.5 Å². The fraction of sp³-hybridized carbons (Fsp3) is 0.692. The van der Waals surface area contributed by atoms with Gasteiger partial charge in [-0.25, -0.2) is 8.42 Å². The van der Waals surface area contributed by atoms with Gasteiger partial charge in [0.05, 0.1) is 23.1 Å². The van der Waals surface area contributed by atoms with Crippen LogP contribution in [0.25, 0.3) is 0 Å². The summed E-state index contributed by atoms with van der Waals surface area (Å²) in [7, 11) is -3.04. The maximum atomic E-state index is 12.3. The minimum atomic E-state index is -3.04. The Labute approximate surface area is 118 Å². The van der Waals surface area contributed by atoms with Gasteiger partial charge in [0.15, 0.2) is 9.84 Å². The molecule has 0 bridgehead atoms. The van der Waals surface area contributed by atoms with E-state index in [4.69, 9.17) is 0 Å². The Morgan fingerprint density at radius 2 is 2.00 bits per heavy atom. The van der Waals surface area contributed by atoms with Crippen molar-refractivity contribution in [3.05, 3.63) is 17.5 Å². The van der Waals surface area contributed by atoms with Crippen molar-refractivity contribution < 1.29 is 13.2 Å². The van der Waals surface area contributed by atoms with Crippen molar-refractivity contribution in [3.63, 3.8) is 0 Å². The molecule has 1 aliphatic heterocycles. The highest BCUT2D eigenvalue weighted by molar-refractivity contribution is 7.91. The van der Waals surface area contributed by atoms with Crippen LogP contribution >= 0.6 is 0 Å². The van der Waals surface area contributed by atoms with Crippen molar-refractivity contribution in [3.8, 4) is 0 Å². The van der Waals surface area contributed by atoms with Gasteiger partial charge in [-0.15, -0.1) is 0 Å². The molecule has 2 heterocycles. The normalized spacial score (nSPS) is 20.6. The SMILES string of the molecule is Cc1c(C(=O)N2CC(S(C)(=O)=O)C2)cnn1C1CCC1. The molecule has 0 N–H and O–H groups in total. The van der Waals surface area contributed by atoms with Crippen molar-refractivity contribution in [2.45, 2.75) is 37.5 Å². The molecule has 7 heteroatoms. The quantitative estimate of drug-likeness (QED) is 0.826. The van der Waals surface area contributed by atoms with E-state index >= 15 is 0 Å². The first kappa shape index (κ1) is 13.6. The van der Waals surface area contributed by atoms with Gasteiger partial charge in [0.2, 0.25) is 0 Å². The van der Waals surface area contributed by atoms with Gasteiger partial charge in [0.1, 0.15) is 0 Å². The summed E-state index contributed by atoms with van der Waals surface area (Å²) >= 11 is 0. The highest BCUT2D eigenvalue weighted by Crippen LogP contribution is 2.32. The molecule has 1 aromatic rings. The lowest BCUT2D eigenvalue weighted by Gasteiger charge is -2.37. The Morgan fingerprint density at radius 1 is 1.35 bits per heavy atom. The molecule has 2 fully saturated rings. The lowest BCUT2D eigenvalue weighted by Crippen LogP contribution is -2.56. The van der Waals surface area contributed by atoms with Crippen LogP contribution in [0.1, 0.15) is 41.4 Å². The second kappa shape index (κ2) is 4.58. The molecule has 1 aromatic heterocycles.